The van der Waals surface area contributed by atoms with Gasteiger partial charge in [0.05, 0.1) is 11.6 Å². The minimum Gasteiger partial charge on any atom is -0.493 e. The molecular formula is C26H36BrFN2O4. The monoisotopic (exact) mass is 538 g/mol. The standard InChI is InChI=1S/C26H36BrFN2O4/c1-19-8-10-30(11-9-19)12-13-33-24-7-4-20(14-26(24)32-3)16-29(2)17-22(31)18-34-25-15-21(28)5-6-23(25)27/h4-7,14-15,19,22,31H,8-13,16-18H2,1-3H3. The lowest BCUT2D eigenvalue weighted by atomic mass is 9.99. The number of likely N-dealkylation sites (N-methyl/N-ethyl adjacent to an activating group) is 1. The van der Waals surface area contributed by atoms with Crippen LogP contribution in [0.1, 0.15) is 25.3 Å². The summed E-state index contributed by atoms with van der Waals surface area (Å²) in [6.45, 7) is 7.26. The molecule has 1 heterocycles. The maximum Gasteiger partial charge on any atom is 0.161 e. The number of nitrogens with zero attached hydrogens (tertiary/aromatic N) is 2. The number of aliphatic hydroxyl groups is 1. The van der Waals surface area contributed by atoms with Crippen LogP contribution in [-0.4, -0.2) is 74.6 Å². The average molecular weight is 539 g/mol. The lowest BCUT2D eigenvalue weighted by molar-refractivity contribution is 0.0739. The Labute approximate surface area is 210 Å². The average Bonchev–Trinajstić information content (AvgIpc) is 2.81. The Morgan fingerprint density at radius 2 is 1.88 bits per heavy atom. The fourth-order valence-electron chi connectivity index (χ4n) is 4.06. The van der Waals surface area contributed by atoms with Gasteiger partial charge in [-0.15, -0.1) is 0 Å². The Hall–Kier alpha value is -1.87. The van der Waals surface area contributed by atoms with Gasteiger partial charge in [0.15, 0.2) is 11.5 Å². The van der Waals surface area contributed by atoms with E-state index >= 15 is 0 Å². The second kappa shape index (κ2) is 13.3. The Morgan fingerprint density at radius 3 is 2.62 bits per heavy atom. The quantitative estimate of drug-likeness (QED) is 0.427. The van der Waals surface area contributed by atoms with Gasteiger partial charge in [-0.2, -0.15) is 0 Å². The number of hydrogen-bond donors (Lipinski definition) is 1. The fraction of sp³-hybridized carbons (Fsp3) is 0.538. The van der Waals surface area contributed by atoms with E-state index in [2.05, 4.69) is 27.8 Å². The molecule has 1 aliphatic rings. The molecular weight excluding hydrogens is 503 g/mol. The Kier molecular flexibility index (Phi) is 10.4. The van der Waals surface area contributed by atoms with Crippen molar-refractivity contribution in [3.8, 4) is 17.2 Å². The predicted molar refractivity (Wildman–Crippen MR) is 135 cm³/mol. The van der Waals surface area contributed by atoms with Crippen molar-refractivity contribution < 1.29 is 23.7 Å². The first-order chi connectivity index (χ1) is 16.3. The van der Waals surface area contributed by atoms with Crippen molar-refractivity contribution in [2.75, 3.05) is 53.6 Å². The van der Waals surface area contributed by atoms with E-state index in [1.807, 2.05) is 30.1 Å². The van der Waals surface area contributed by atoms with Crippen LogP contribution < -0.4 is 14.2 Å². The van der Waals surface area contributed by atoms with Crippen molar-refractivity contribution in [2.24, 2.45) is 5.92 Å². The number of aliphatic hydroxyl groups excluding tert-OH is 1. The molecule has 0 aliphatic carbocycles. The summed E-state index contributed by atoms with van der Waals surface area (Å²) in [5.74, 6) is 2.27. The molecule has 0 radical (unpaired) electrons. The molecule has 1 saturated heterocycles. The van der Waals surface area contributed by atoms with Crippen LogP contribution in [0.15, 0.2) is 40.9 Å². The van der Waals surface area contributed by atoms with Gasteiger partial charge in [-0.3, -0.25) is 9.80 Å². The van der Waals surface area contributed by atoms with Crippen LogP contribution in [0.5, 0.6) is 17.2 Å². The maximum atomic E-state index is 13.4. The molecule has 0 saturated carbocycles. The minimum absolute atomic E-state index is 0.0679. The highest BCUT2D eigenvalue weighted by Crippen LogP contribution is 2.29. The first-order valence-electron chi connectivity index (χ1n) is 11.8. The molecule has 34 heavy (non-hydrogen) atoms. The molecule has 1 N–H and O–H groups in total. The van der Waals surface area contributed by atoms with E-state index in [-0.39, 0.29) is 12.4 Å². The van der Waals surface area contributed by atoms with Crippen LogP contribution in [0, 0.1) is 11.7 Å². The number of piperidine rings is 1. The lowest BCUT2D eigenvalue weighted by Crippen LogP contribution is -2.35. The van der Waals surface area contributed by atoms with Crippen molar-refractivity contribution >= 4 is 15.9 Å². The third-order valence-corrected chi connectivity index (χ3v) is 6.72. The van der Waals surface area contributed by atoms with Crippen LogP contribution in [0.2, 0.25) is 0 Å². The zero-order valence-electron chi connectivity index (χ0n) is 20.3. The van der Waals surface area contributed by atoms with E-state index in [1.165, 1.54) is 25.0 Å². The van der Waals surface area contributed by atoms with Crippen LogP contribution in [0.4, 0.5) is 4.39 Å². The van der Waals surface area contributed by atoms with Crippen molar-refractivity contribution in [1.82, 2.24) is 9.80 Å². The molecule has 6 nitrogen and oxygen atoms in total. The number of likely N-dealkylation sites (tertiary alicyclic amines) is 1. The first-order valence-corrected chi connectivity index (χ1v) is 12.6. The Morgan fingerprint density at radius 1 is 1.12 bits per heavy atom. The van der Waals surface area contributed by atoms with E-state index < -0.39 is 6.10 Å². The topological polar surface area (TPSA) is 54.4 Å². The normalized spacial score (nSPS) is 16.0. The summed E-state index contributed by atoms with van der Waals surface area (Å²) in [6.07, 6.45) is 1.80. The van der Waals surface area contributed by atoms with Crippen molar-refractivity contribution in [1.29, 1.82) is 0 Å². The van der Waals surface area contributed by atoms with Gasteiger partial charge in [0.1, 0.15) is 30.9 Å². The van der Waals surface area contributed by atoms with Gasteiger partial charge < -0.3 is 19.3 Å². The lowest BCUT2D eigenvalue weighted by Gasteiger charge is -2.30. The molecule has 8 heteroatoms. The largest absolute Gasteiger partial charge is 0.493 e. The second-order valence-corrected chi connectivity index (χ2v) is 9.95. The van der Waals surface area contributed by atoms with Crippen molar-refractivity contribution in [3.63, 3.8) is 0 Å². The molecule has 2 aromatic rings. The van der Waals surface area contributed by atoms with Gasteiger partial charge in [-0.1, -0.05) is 13.0 Å². The molecule has 2 aromatic carbocycles. The summed E-state index contributed by atoms with van der Waals surface area (Å²) in [5, 5.41) is 10.4. The molecule has 0 spiro atoms. The molecule has 188 valence electrons. The summed E-state index contributed by atoms with van der Waals surface area (Å²) in [5.41, 5.74) is 1.05. The van der Waals surface area contributed by atoms with E-state index in [9.17, 15) is 9.50 Å². The Bertz CT molecular complexity index is 908. The first kappa shape index (κ1) is 26.7. The summed E-state index contributed by atoms with van der Waals surface area (Å²) in [4.78, 5) is 4.46. The molecule has 1 unspecified atom stereocenters. The van der Waals surface area contributed by atoms with Crippen molar-refractivity contribution in [2.45, 2.75) is 32.4 Å². The third kappa shape index (κ3) is 8.41. The summed E-state index contributed by atoms with van der Waals surface area (Å²) < 4.78 is 31.2. The van der Waals surface area contributed by atoms with E-state index in [0.29, 0.717) is 35.7 Å². The SMILES string of the molecule is COc1cc(CN(C)CC(O)COc2cc(F)ccc2Br)ccc1OCCN1CCC(C)CC1. The molecule has 0 bridgehead atoms. The van der Waals surface area contributed by atoms with Gasteiger partial charge in [-0.05, 0) is 84.7 Å². The van der Waals surface area contributed by atoms with Gasteiger partial charge in [0, 0.05) is 25.7 Å². The van der Waals surface area contributed by atoms with Gasteiger partial charge in [0.25, 0.3) is 0 Å². The number of ether oxygens (including phenoxy) is 3. The maximum absolute atomic E-state index is 13.4. The summed E-state index contributed by atoms with van der Waals surface area (Å²) in [7, 11) is 3.57. The molecule has 3 rings (SSSR count). The van der Waals surface area contributed by atoms with Crippen molar-refractivity contribution in [3.05, 3.63) is 52.3 Å². The smallest absolute Gasteiger partial charge is 0.161 e. The van der Waals surface area contributed by atoms with Crippen LogP contribution in [0.3, 0.4) is 0 Å². The number of rotatable bonds is 12. The van der Waals surface area contributed by atoms with E-state index in [4.69, 9.17) is 14.2 Å². The molecule has 1 fully saturated rings. The highest BCUT2D eigenvalue weighted by molar-refractivity contribution is 9.10. The number of benzene rings is 2. The zero-order valence-corrected chi connectivity index (χ0v) is 21.9. The number of hydrogen-bond acceptors (Lipinski definition) is 6. The summed E-state index contributed by atoms with van der Waals surface area (Å²) >= 11 is 3.32. The van der Waals surface area contributed by atoms with Crippen LogP contribution >= 0.6 is 15.9 Å². The van der Waals surface area contributed by atoms with Gasteiger partial charge in [-0.25, -0.2) is 4.39 Å². The summed E-state index contributed by atoms with van der Waals surface area (Å²) in [6, 6.07) is 10.2. The van der Waals surface area contributed by atoms with Gasteiger partial charge in [0.2, 0.25) is 0 Å². The van der Waals surface area contributed by atoms with Crippen LogP contribution in [0.25, 0.3) is 0 Å². The second-order valence-electron chi connectivity index (χ2n) is 9.09. The minimum atomic E-state index is -0.720. The Balaban J connectivity index is 1.44. The number of methoxy groups -OCH3 is 1. The van der Waals surface area contributed by atoms with Crippen LogP contribution in [-0.2, 0) is 6.54 Å². The highest BCUT2D eigenvalue weighted by atomic mass is 79.9. The molecule has 0 aromatic heterocycles. The fourth-order valence-corrected chi connectivity index (χ4v) is 4.42. The van der Waals surface area contributed by atoms with E-state index in [0.717, 1.165) is 36.9 Å². The third-order valence-electron chi connectivity index (χ3n) is 6.07. The highest BCUT2D eigenvalue weighted by Gasteiger charge is 2.16. The van der Waals surface area contributed by atoms with Gasteiger partial charge >= 0.3 is 0 Å². The van der Waals surface area contributed by atoms with E-state index in [1.54, 1.807) is 13.2 Å². The molecule has 1 atom stereocenters. The predicted octanol–water partition coefficient (Wildman–Crippen LogP) is 4.58. The molecule has 0 amide bonds. The molecule has 1 aliphatic heterocycles. The zero-order chi connectivity index (χ0) is 24.5. The number of halogens is 2.